The molecule has 0 saturated carbocycles. The number of carbonyl (C=O) groups excluding carboxylic acids is 1. The maximum Gasteiger partial charge on any atom is 0.340 e. The third-order valence-corrected chi connectivity index (χ3v) is 3.83. The molecule has 0 atom stereocenters. The first-order valence-corrected chi connectivity index (χ1v) is 6.94. The summed E-state index contributed by atoms with van der Waals surface area (Å²) in [5.74, 6) is -2.29. The Kier molecular flexibility index (Phi) is 4.90. The fourth-order valence-electron chi connectivity index (χ4n) is 1.67. The maximum absolute atomic E-state index is 13.7. The highest BCUT2D eigenvalue weighted by atomic mass is 32.2. The van der Waals surface area contributed by atoms with Gasteiger partial charge in [0.25, 0.3) is 0 Å². The minimum absolute atomic E-state index is 0.146. The number of carbonyl (C=O) groups is 1. The number of halogens is 3. The molecule has 0 unspecified atom stereocenters. The maximum atomic E-state index is 13.7. The summed E-state index contributed by atoms with van der Waals surface area (Å²) in [5.41, 5.74) is 0.386. The van der Waals surface area contributed by atoms with Crippen LogP contribution in [0.4, 0.5) is 13.2 Å². The van der Waals surface area contributed by atoms with Crippen LogP contribution < -0.4 is 0 Å². The molecule has 0 aliphatic heterocycles. The Hall–Kier alpha value is -1.95. The predicted molar refractivity (Wildman–Crippen MR) is 73.7 cm³/mol. The van der Waals surface area contributed by atoms with E-state index >= 15 is 0 Å². The molecule has 0 amide bonds. The standard InChI is InChI=1S/C15H11F3O2S/c1-20-15(19)11-4-2-9(6-13(11)18)8-21-14-7-10(16)3-5-12(14)17/h2-7H,8H2,1H3. The Bertz CT molecular complexity index is 674. The molecule has 2 aromatic carbocycles. The van der Waals surface area contributed by atoms with E-state index in [9.17, 15) is 18.0 Å². The fraction of sp³-hybridized carbons (Fsp3) is 0.133. The largest absolute Gasteiger partial charge is 0.465 e. The number of hydrogen-bond donors (Lipinski definition) is 0. The molecule has 0 heterocycles. The van der Waals surface area contributed by atoms with Gasteiger partial charge in [-0.25, -0.2) is 18.0 Å². The average Bonchev–Trinajstić information content (AvgIpc) is 2.47. The van der Waals surface area contributed by atoms with Crippen molar-refractivity contribution in [1.82, 2.24) is 0 Å². The molecule has 2 rings (SSSR count). The summed E-state index contributed by atoms with van der Waals surface area (Å²) >= 11 is 1.05. The van der Waals surface area contributed by atoms with Crippen molar-refractivity contribution in [2.24, 2.45) is 0 Å². The van der Waals surface area contributed by atoms with Crippen molar-refractivity contribution in [3.8, 4) is 0 Å². The van der Waals surface area contributed by atoms with E-state index in [-0.39, 0.29) is 16.2 Å². The molecule has 2 aromatic rings. The van der Waals surface area contributed by atoms with Gasteiger partial charge in [0.2, 0.25) is 0 Å². The summed E-state index contributed by atoms with van der Waals surface area (Å²) in [6.45, 7) is 0. The molecule has 0 radical (unpaired) electrons. The molecular weight excluding hydrogens is 301 g/mol. The van der Waals surface area contributed by atoms with Crippen molar-refractivity contribution < 1.29 is 22.7 Å². The van der Waals surface area contributed by atoms with Gasteiger partial charge in [-0.3, -0.25) is 0 Å². The van der Waals surface area contributed by atoms with Gasteiger partial charge in [-0.1, -0.05) is 6.07 Å². The van der Waals surface area contributed by atoms with Gasteiger partial charge in [0, 0.05) is 10.6 Å². The lowest BCUT2D eigenvalue weighted by Crippen LogP contribution is -2.04. The van der Waals surface area contributed by atoms with Gasteiger partial charge in [-0.05, 0) is 35.9 Å². The highest BCUT2D eigenvalue weighted by Gasteiger charge is 2.13. The van der Waals surface area contributed by atoms with Crippen molar-refractivity contribution >= 4 is 17.7 Å². The Morgan fingerprint density at radius 1 is 1.10 bits per heavy atom. The molecule has 0 bridgehead atoms. The molecule has 0 aromatic heterocycles. The highest BCUT2D eigenvalue weighted by molar-refractivity contribution is 7.98. The lowest BCUT2D eigenvalue weighted by atomic mass is 10.1. The van der Waals surface area contributed by atoms with Crippen molar-refractivity contribution in [2.45, 2.75) is 10.6 Å². The zero-order valence-electron chi connectivity index (χ0n) is 11.0. The Morgan fingerprint density at radius 3 is 2.52 bits per heavy atom. The molecule has 0 aliphatic rings. The third kappa shape index (κ3) is 3.78. The van der Waals surface area contributed by atoms with Crippen LogP contribution in [0.3, 0.4) is 0 Å². The lowest BCUT2D eigenvalue weighted by molar-refractivity contribution is 0.0595. The van der Waals surface area contributed by atoms with Crippen LogP contribution in [0.25, 0.3) is 0 Å². The van der Waals surface area contributed by atoms with Gasteiger partial charge in [-0.2, -0.15) is 0 Å². The third-order valence-electron chi connectivity index (χ3n) is 2.73. The van der Waals surface area contributed by atoms with E-state index in [1.54, 1.807) is 6.07 Å². The normalized spacial score (nSPS) is 10.5. The molecule has 0 saturated heterocycles. The van der Waals surface area contributed by atoms with Crippen LogP contribution in [0.15, 0.2) is 41.3 Å². The molecule has 110 valence electrons. The van der Waals surface area contributed by atoms with Crippen LogP contribution in [-0.2, 0) is 10.5 Å². The smallest absolute Gasteiger partial charge is 0.340 e. The second-order valence-electron chi connectivity index (χ2n) is 4.17. The molecule has 0 N–H and O–H groups in total. The number of methoxy groups -OCH3 is 1. The van der Waals surface area contributed by atoms with E-state index < -0.39 is 23.4 Å². The van der Waals surface area contributed by atoms with E-state index in [1.165, 1.54) is 12.1 Å². The van der Waals surface area contributed by atoms with Crippen LogP contribution >= 0.6 is 11.8 Å². The lowest BCUT2D eigenvalue weighted by Gasteiger charge is -2.06. The van der Waals surface area contributed by atoms with Crippen molar-refractivity contribution in [1.29, 1.82) is 0 Å². The van der Waals surface area contributed by atoms with Gasteiger partial charge >= 0.3 is 5.97 Å². The molecule has 2 nitrogen and oxygen atoms in total. The van der Waals surface area contributed by atoms with Crippen LogP contribution in [0.1, 0.15) is 15.9 Å². The second kappa shape index (κ2) is 6.67. The van der Waals surface area contributed by atoms with Crippen LogP contribution in [0.2, 0.25) is 0 Å². The molecule has 6 heteroatoms. The van der Waals surface area contributed by atoms with Crippen LogP contribution in [0, 0.1) is 17.5 Å². The number of benzene rings is 2. The number of esters is 1. The zero-order chi connectivity index (χ0) is 15.4. The van der Waals surface area contributed by atoms with Crippen molar-refractivity contribution in [2.75, 3.05) is 7.11 Å². The average molecular weight is 312 g/mol. The Balaban J connectivity index is 2.12. The van der Waals surface area contributed by atoms with Gasteiger partial charge in [-0.15, -0.1) is 11.8 Å². The predicted octanol–water partition coefficient (Wildman–Crippen LogP) is 4.18. The van der Waals surface area contributed by atoms with E-state index in [4.69, 9.17) is 0 Å². The Labute approximate surface area is 123 Å². The van der Waals surface area contributed by atoms with Crippen LogP contribution in [-0.4, -0.2) is 13.1 Å². The first-order chi connectivity index (χ1) is 10.0. The number of thioether (sulfide) groups is 1. The first kappa shape index (κ1) is 15.4. The van der Waals surface area contributed by atoms with Gasteiger partial charge in [0.1, 0.15) is 17.5 Å². The minimum Gasteiger partial charge on any atom is -0.465 e. The van der Waals surface area contributed by atoms with Crippen LogP contribution in [0.5, 0.6) is 0 Å². The number of ether oxygens (including phenoxy) is 1. The molecular formula is C15H11F3O2S. The number of hydrogen-bond acceptors (Lipinski definition) is 3. The summed E-state index contributed by atoms with van der Waals surface area (Å²) in [4.78, 5) is 11.4. The monoisotopic (exact) mass is 312 g/mol. The van der Waals surface area contributed by atoms with Gasteiger partial charge in [0.15, 0.2) is 0 Å². The molecule has 0 spiro atoms. The molecule has 0 aliphatic carbocycles. The zero-order valence-corrected chi connectivity index (χ0v) is 11.8. The highest BCUT2D eigenvalue weighted by Crippen LogP contribution is 2.27. The van der Waals surface area contributed by atoms with Gasteiger partial charge < -0.3 is 4.74 Å². The van der Waals surface area contributed by atoms with Crippen molar-refractivity contribution in [3.63, 3.8) is 0 Å². The number of rotatable bonds is 4. The topological polar surface area (TPSA) is 26.3 Å². The van der Waals surface area contributed by atoms with E-state index in [0.717, 1.165) is 37.1 Å². The minimum atomic E-state index is -0.761. The fourth-order valence-corrected chi connectivity index (χ4v) is 2.58. The SMILES string of the molecule is COC(=O)c1ccc(CSc2cc(F)ccc2F)cc1F. The second-order valence-corrected chi connectivity index (χ2v) is 5.19. The van der Waals surface area contributed by atoms with E-state index in [0.29, 0.717) is 5.56 Å². The summed E-state index contributed by atoms with van der Waals surface area (Å²) in [6.07, 6.45) is 0. The molecule has 0 fully saturated rings. The Morgan fingerprint density at radius 2 is 1.86 bits per heavy atom. The first-order valence-electron chi connectivity index (χ1n) is 5.96. The van der Waals surface area contributed by atoms with Gasteiger partial charge in [0.05, 0.1) is 12.7 Å². The molecule has 21 heavy (non-hydrogen) atoms. The summed E-state index contributed by atoms with van der Waals surface area (Å²) < 4.78 is 44.6. The van der Waals surface area contributed by atoms with E-state index in [2.05, 4.69) is 4.74 Å². The summed E-state index contributed by atoms with van der Waals surface area (Å²) in [5, 5.41) is 0. The van der Waals surface area contributed by atoms with E-state index in [1.807, 2.05) is 0 Å². The quantitative estimate of drug-likeness (QED) is 0.626. The summed E-state index contributed by atoms with van der Waals surface area (Å²) in [6, 6.07) is 7.18. The summed E-state index contributed by atoms with van der Waals surface area (Å²) in [7, 11) is 1.16. The van der Waals surface area contributed by atoms with Crippen molar-refractivity contribution in [3.05, 3.63) is 65.0 Å².